The van der Waals surface area contributed by atoms with Crippen LogP contribution in [-0.2, 0) is 5.54 Å². The lowest BCUT2D eigenvalue weighted by molar-refractivity contribution is 0.249. The van der Waals surface area contributed by atoms with Crippen LogP contribution in [0.4, 0.5) is 16.3 Å². The van der Waals surface area contributed by atoms with Crippen molar-refractivity contribution in [3.8, 4) is 0 Å². The predicted octanol–water partition coefficient (Wildman–Crippen LogP) is 2.69. The summed E-state index contributed by atoms with van der Waals surface area (Å²) in [6.45, 7) is 10.2. The molecule has 1 atom stereocenters. The minimum absolute atomic E-state index is 0.104. The van der Waals surface area contributed by atoms with Gasteiger partial charge in [0.2, 0.25) is 0 Å². The van der Waals surface area contributed by atoms with Gasteiger partial charge in [-0.05, 0) is 34.6 Å². The molecular weight excluding hydrogens is 318 g/mol. The molecule has 2 aromatic rings. The van der Waals surface area contributed by atoms with Crippen molar-refractivity contribution >= 4 is 17.5 Å². The van der Waals surface area contributed by atoms with Gasteiger partial charge in [-0.3, -0.25) is 4.68 Å². The van der Waals surface area contributed by atoms with Crippen molar-refractivity contribution in [1.82, 2.24) is 25.1 Å². The van der Waals surface area contributed by atoms with Gasteiger partial charge >= 0.3 is 6.03 Å². The van der Waals surface area contributed by atoms with Crippen LogP contribution in [0.25, 0.3) is 0 Å². The van der Waals surface area contributed by atoms with E-state index < -0.39 is 0 Å². The third kappa shape index (κ3) is 4.46. The highest BCUT2D eigenvalue weighted by atomic mass is 16.2. The topological polar surface area (TPSA) is 88.0 Å². The number of hydrogen-bond donors (Lipinski definition) is 2. The normalized spacial score (nSPS) is 12.6. The van der Waals surface area contributed by atoms with E-state index in [1.54, 1.807) is 6.20 Å². The zero-order valence-corrected chi connectivity index (χ0v) is 16.0. The molecule has 0 saturated carbocycles. The van der Waals surface area contributed by atoms with Crippen molar-refractivity contribution in [1.29, 1.82) is 0 Å². The summed E-state index contributed by atoms with van der Waals surface area (Å²) in [5.74, 6) is 0.648. The molecule has 0 saturated heterocycles. The SMILES string of the molecule is Cc1nn(C(C)(C)C)cc1[C@@H](C)NC(=O)Nc1cncnc1N(C)C. The minimum atomic E-state index is -0.312. The van der Waals surface area contributed by atoms with Gasteiger partial charge in [0.15, 0.2) is 5.82 Å². The molecule has 8 nitrogen and oxygen atoms in total. The van der Waals surface area contributed by atoms with E-state index in [0.717, 1.165) is 11.3 Å². The van der Waals surface area contributed by atoms with Crippen LogP contribution in [0, 0.1) is 6.92 Å². The first kappa shape index (κ1) is 18.7. The van der Waals surface area contributed by atoms with Gasteiger partial charge in [-0.2, -0.15) is 5.10 Å². The maximum atomic E-state index is 12.4. The second kappa shape index (κ2) is 7.08. The van der Waals surface area contributed by atoms with Crippen LogP contribution < -0.4 is 15.5 Å². The molecule has 0 aliphatic carbocycles. The van der Waals surface area contributed by atoms with Gasteiger partial charge in [-0.15, -0.1) is 0 Å². The average Bonchev–Trinajstić information content (AvgIpc) is 2.89. The maximum absolute atomic E-state index is 12.4. The van der Waals surface area contributed by atoms with E-state index in [0.29, 0.717) is 11.5 Å². The molecule has 2 aromatic heterocycles. The number of nitrogens with one attached hydrogen (secondary N) is 2. The number of hydrogen-bond acceptors (Lipinski definition) is 5. The van der Waals surface area contributed by atoms with Crippen LogP contribution in [-0.4, -0.2) is 39.9 Å². The average molecular weight is 345 g/mol. The molecule has 0 aliphatic heterocycles. The van der Waals surface area contributed by atoms with E-state index in [9.17, 15) is 4.79 Å². The lowest BCUT2D eigenvalue weighted by Crippen LogP contribution is -2.32. The first-order valence-corrected chi connectivity index (χ1v) is 8.21. The smallest absolute Gasteiger partial charge is 0.319 e. The van der Waals surface area contributed by atoms with Crippen LogP contribution in [0.1, 0.15) is 45.0 Å². The monoisotopic (exact) mass is 345 g/mol. The number of carbonyl (C=O) groups is 1. The Labute approximate surface area is 148 Å². The summed E-state index contributed by atoms with van der Waals surface area (Å²) in [4.78, 5) is 22.3. The third-order valence-electron chi connectivity index (χ3n) is 3.80. The lowest BCUT2D eigenvalue weighted by atomic mass is 10.1. The van der Waals surface area contributed by atoms with Crippen LogP contribution in [0.5, 0.6) is 0 Å². The van der Waals surface area contributed by atoms with E-state index in [1.165, 1.54) is 6.33 Å². The van der Waals surface area contributed by atoms with Crippen molar-refractivity contribution < 1.29 is 4.79 Å². The van der Waals surface area contributed by atoms with Gasteiger partial charge in [0.25, 0.3) is 0 Å². The van der Waals surface area contributed by atoms with Crippen molar-refractivity contribution in [2.24, 2.45) is 0 Å². The van der Waals surface area contributed by atoms with Crippen LogP contribution in [0.3, 0.4) is 0 Å². The maximum Gasteiger partial charge on any atom is 0.319 e. The summed E-state index contributed by atoms with van der Waals surface area (Å²) in [5.41, 5.74) is 2.34. The molecule has 0 spiro atoms. The van der Waals surface area contributed by atoms with E-state index in [1.807, 2.05) is 43.7 Å². The van der Waals surface area contributed by atoms with E-state index >= 15 is 0 Å². The summed E-state index contributed by atoms with van der Waals surface area (Å²) >= 11 is 0. The van der Waals surface area contributed by atoms with Crippen molar-refractivity contribution in [3.05, 3.63) is 30.0 Å². The molecule has 2 heterocycles. The largest absolute Gasteiger partial charge is 0.361 e. The van der Waals surface area contributed by atoms with Gasteiger partial charge in [-0.1, -0.05) is 0 Å². The van der Waals surface area contributed by atoms with Crippen molar-refractivity contribution in [2.45, 2.75) is 46.2 Å². The van der Waals surface area contributed by atoms with Crippen molar-refractivity contribution in [3.63, 3.8) is 0 Å². The molecule has 2 N–H and O–H groups in total. The molecular formula is C17H27N7O. The second-order valence-electron chi connectivity index (χ2n) is 7.26. The fraction of sp³-hybridized carbons (Fsp3) is 0.529. The number of aromatic nitrogens is 4. The van der Waals surface area contributed by atoms with Crippen LogP contribution in [0.15, 0.2) is 18.7 Å². The molecule has 136 valence electrons. The summed E-state index contributed by atoms with van der Waals surface area (Å²) < 4.78 is 1.92. The number of nitrogens with zero attached hydrogens (tertiary/aromatic N) is 5. The summed E-state index contributed by atoms with van der Waals surface area (Å²) in [6.07, 6.45) is 5.01. The number of urea groups is 1. The molecule has 0 aliphatic rings. The zero-order chi connectivity index (χ0) is 18.8. The van der Waals surface area contributed by atoms with Crippen molar-refractivity contribution in [2.75, 3.05) is 24.3 Å². The van der Waals surface area contributed by atoms with E-state index in [-0.39, 0.29) is 17.6 Å². The fourth-order valence-electron chi connectivity index (χ4n) is 2.44. The number of anilines is 2. The fourth-order valence-corrected chi connectivity index (χ4v) is 2.44. The second-order valence-corrected chi connectivity index (χ2v) is 7.26. The third-order valence-corrected chi connectivity index (χ3v) is 3.80. The van der Waals surface area contributed by atoms with Gasteiger partial charge in [0, 0.05) is 25.9 Å². The number of rotatable bonds is 4. The van der Waals surface area contributed by atoms with Crippen LogP contribution in [0.2, 0.25) is 0 Å². The quantitative estimate of drug-likeness (QED) is 0.889. The van der Waals surface area contributed by atoms with Gasteiger partial charge < -0.3 is 15.5 Å². The Bertz CT molecular complexity index is 746. The van der Waals surface area contributed by atoms with E-state index in [4.69, 9.17) is 0 Å². The minimum Gasteiger partial charge on any atom is -0.361 e. The lowest BCUT2D eigenvalue weighted by Gasteiger charge is -2.19. The molecule has 8 heteroatoms. The standard InChI is InChI=1S/C17H27N7O/c1-11(13-9-24(17(3,4)5)22-12(13)2)20-16(25)21-14-8-18-10-19-15(14)23(6)7/h8-11H,1-7H3,(H2,20,21,25)/t11-/m1/s1. The highest BCUT2D eigenvalue weighted by Gasteiger charge is 2.20. The molecule has 0 radical (unpaired) electrons. The summed E-state index contributed by atoms with van der Waals surface area (Å²) in [6, 6.07) is -0.489. The molecule has 2 amide bonds. The summed E-state index contributed by atoms with van der Waals surface area (Å²) in [5, 5.41) is 10.3. The Morgan fingerprint density at radius 1 is 1.32 bits per heavy atom. The first-order valence-electron chi connectivity index (χ1n) is 8.21. The summed E-state index contributed by atoms with van der Waals surface area (Å²) in [7, 11) is 3.72. The molecule has 25 heavy (non-hydrogen) atoms. The highest BCUT2D eigenvalue weighted by molar-refractivity contribution is 5.92. The van der Waals surface area contributed by atoms with Crippen LogP contribution >= 0.6 is 0 Å². The van der Waals surface area contributed by atoms with Gasteiger partial charge in [-0.25, -0.2) is 14.8 Å². The highest BCUT2D eigenvalue weighted by Crippen LogP contribution is 2.22. The first-order chi connectivity index (χ1) is 11.6. The number of carbonyl (C=O) groups excluding carboxylic acids is 1. The predicted molar refractivity (Wildman–Crippen MR) is 98.9 cm³/mol. The van der Waals surface area contributed by atoms with E-state index in [2.05, 4.69) is 46.5 Å². The Morgan fingerprint density at radius 2 is 2.00 bits per heavy atom. The van der Waals surface area contributed by atoms with Gasteiger partial charge in [0.05, 0.1) is 23.5 Å². The number of aryl methyl sites for hydroxylation is 1. The Hall–Kier alpha value is -2.64. The zero-order valence-electron chi connectivity index (χ0n) is 16.0. The number of amides is 2. The molecule has 2 rings (SSSR count). The Balaban J connectivity index is 2.10. The van der Waals surface area contributed by atoms with Gasteiger partial charge in [0.1, 0.15) is 12.0 Å². The molecule has 0 aromatic carbocycles. The molecule has 0 unspecified atom stereocenters. The molecule has 0 fully saturated rings. The Kier molecular flexibility index (Phi) is 5.30. The Morgan fingerprint density at radius 3 is 2.56 bits per heavy atom. The molecule has 0 bridgehead atoms.